The summed E-state index contributed by atoms with van der Waals surface area (Å²) in [5.41, 5.74) is 0. The number of nitrogens with zero attached hydrogens (tertiary/aromatic N) is 8. The fourth-order valence-electron chi connectivity index (χ4n) is 17.3. The fourth-order valence-corrected chi connectivity index (χ4v) is 36.1. The molecule has 668 valence electrons. The van der Waals surface area contributed by atoms with E-state index in [0.29, 0.717) is 5.40 Å². The van der Waals surface area contributed by atoms with Gasteiger partial charge in [-0.25, -0.2) is 0 Å². The highest BCUT2D eigenvalue weighted by atomic mass is 31.2. The summed E-state index contributed by atoms with van der Waals surface area (Å²) in [6, 6.07) is 0. The van der Waals surface area contributed by atoms with E-state index in [1.165, 1.54) is 516 Å². The summed E-state index contributed by atoms with van der Waals surface area (Å²) in [7, 11) is -3.62. The van der Waals surface area contributed by atoms with Crippen LogP contribution in [-0.2, 0) is 0 Å². The lowest BCUT2D eigenvalue weighted by Crippen LogP contribution is -2.56. The number of unbranched alkanes of at least 4 members (excludes halogenated alkanes) is 48. The molecule has 0 bridgehead atoms. The van der Waals surface area contributed by atoms with Crippen molar-refractivity contribution in [1.82, 2.24) is 37.4 Å². The summed E-state index contributed by atoms with van der Waals surface area (Å²) in [6.45, 7) is 64.3. The summed E-state index contributed by atoms with van der Waals surface area (Å²) in [4.78, 5) is -0.0511. The van der Waals surface area contributed by atoms with Gasteiger partial charge in [-0.15, -0.1) is 0 Å². The molecule has 0 fully saturated rings. The van der Waals surface area contributed by atoms with Gasteiger partial charge in [0.1, 0.15) is 0 Å². The maximum absolute atomic E-state index is 3.59. The van der Waals surface area contributed by atoms with Gasteiger partial charge in [0.15, 0.2) is 0 Å². The van der Waals surface area contributed by atoms with Gasteiger partial charge in [-0.1, -0.05) is 419 Å². The first kappa shape index (κ1) is 112. The summed E-state index contributed by atoms with van der Waals surface area (Å²) in [5, 5.41) is 0.509. The highest BCUT2D eigenvalue weighted by Crippen LogP contribution is 2.84. The van der Waals surface area contributed by atoms with Crippen LogP contribution in [0.15, 0.2) is 0 Å². The maximum atomic E-state index is 3.59. The Balaban J connectivity index is 12.6. The molecule has 0 spiro atoms. The van der Waals surface area contributed by atoms with Crippen molar-refractivity contribution in [2.45, 2.75) is 539 Å². The highest BCUT2D eigenvalue weighted by molar-refractivity contribution is 7.80. The SMILES string of the molecule is CCCCCCN(CCCCCC)P(C(P(N(CCCCCC)CCCCCC)N(CCCCCC)CCCCCC)C(C)(P(N(CCCCCC)CCCCCC)N(CCCCCC)CCCCCC)P(N(CCCCCC)CCCCCC)N(CCCCCC)CCCCCC)N(CCCCCC)CCCCCC. The Kier molecular flexibility index (Phi) is 86.1. The van der Waals surface area contributed by atoms with Crippen LogP contribution in [0.5, 0.6) is 0 Å². The molecule has 0 aromatic carbocycles. The Bertz CT molecular complexity index is 1480. The summed E-state index contributed by atoms with van der Waals surface area (Å²) in [5.74, 6) is 0. The molecule has 111 heavy (non-hydrogen) atoms. The zero-order valence-electron chi connectivity index (χ0n) is 80.0. The van der Waals surface area contributed by atoms with Crippen molar-refractivity contribution >= 4 is 32.9 Å². The molecule has 0 saturated heterocycles. The molecule has 0 heterocycles. The van der Waals surface area contributed by atoms with E-state index in [-0.39, 0.29) is 4.90 Å². The molecule has 0 aliphatic rings. The van der Waals surface area contributed by atoms with Crippen LogP contribution in [0.1, 0.15) is 529 Å². The van der Waals surface area contributed by atoms with Crippen LogP contribution in [0, 0.1) is 0 Å². The van der Waals surface area contributed by atoms with Crippen LogP contribution < -0.4 is 0 Å². The fraction of sp³-hybridized carbons (Fsp3) is 1.00. The van der Waals surface area contributed by atoms with E-state index >= 15 is 0 Å². The maximum Gasteiger partial charge on any atom is 0.0772 e. The summed E-state index contributed by atoms with van der Waals surface area (Å²) < 4.78 is 28.7. The molecular formula is C99H212N8P4. The van der Waals surface area contributed by atoms with Crippen molar-refractivity contribution in [2.75, 3.05) is 105 Å². The molecular weight excluding hydrogens is 1430 g/mol. The Labute approximate surface area is 709 Å². The molecule has 0 aliphatic heterocycles. The van der Waals surface area contributed by atoms with E-state index in [0.717, 1.165) is 0 Å². The van der Waals surface area contributed by atoms with Crippen LogP contribution in [-0.4, -0.2) is 152 Å². The number of hydrogen-bond acceptors (Lipinski definition) is 8. The molecule has 0 radical (unpaired) electrons. The minimum atomic E-state index is -0.922. The second-order valence-electron chi connectivity index (χ2n) is 35.3. The number of hydrogen-bond donors (Lipinski definition) is 0. The third-order valence-corrected chi connectivity index (χ3v) is 39.1. The van der Waals surface area contributed by atoms with Gasteiger partial charge >= 0.3 is 0 Å². The van der Waals surface area contributed by atoms with Gasteiger partial charge < -0.3 is 0 Å². The predicted octanol–water partition coefficient (Wildman–Crippen LogP) is 35.0. The summed E-state index contributed by atoms with van der Waals surface area (Å²) in [6.07, 6.45) is 87.1. The highest BCUT2D eigenvalue weighted by Gasteiger charge is 2.63. The van der Waals surface area contributed by atoms with Gasteiger partial charge in [0.2, 0.25) is 0 Å². The lowest BCUT2D eigenvalue weighted by Gasteiger charge is -2.64. The van der Waals surface area contributed by atoms with E-state index in [1.54, 1.807) is 0 Å². The lowest BCUT2D eigenvalue weighted by molar-refractivity contribution is 0.316. The Hall–Kier alpha value is 1.40. The topological polar surface area (TPSA) is 25.9 Å². The van der Waals surface area contributed by atoms with Crippen LogP contribution in [0.25, 0.3) is 0 Å². The molecule has 12 heteroatoms. The zero-order chi connectivity index (χ0) is 81.6. The second kappa shape index (κ2) is 85.0. The number of rotatable bonds is 93. The van der Waals surface area contributed by atoms with E-state index in [2.05, 4.69) is 155 Å². The molecule has 0 amide bonds. The first-order valence-electron chi connectivity index (χ1n) is 51.7. The normalized spacial score (nSPS) is 12.7. The van der Waals surface area contributed by atoms with Crippen molar-refractivity contribution in [3.63, 3.8) is 0 Å². The molecule has 0 aromatic heterocycles. The van der Waals surface area contributed by atoms with Gasteiger partial charge in [-0.3, -0.25) is 37.4 Å². The largest absolute Gasteiger partial charge is 0.269 e. The molecule has 0 rings (SSSR count). The first-order chi connectivity index (χ1) is 54.5. The van der Waals surface area contributed by atoms with Gasteiger partial charge in [0, 0.05) is 105 Å². The lowest BCUT2D eigenvalue weighted by atomic mass is 10.2. The van der Waals surface area contributed by atoms with Crippen LogP contribution >= 0.6 is 32.9 Å². The standard InChI is InChI=1S/C99H212N8P4/c1-18-34-50-66-82-100(83-67-51-35-19-2)108(101(84-68-52-36-20-3)85-69-53-37-21-4)98(109(102(86-70-54-38-22-5)87-71-55-39-23-6)103(88-72-56-40-24-7)89-73-57-41-25-8)99(17,110(104(90-74-58-42-26-9)91-75-59-43-27-10)105(92-76-60-44-28-11)93-77-61-45-29-12)111(106(94-78-62-46-30-13)95-79-63-47-31-14)107(96-80-64-48-32-15)97-81-65-49-33-16/h98H,18-97H2,1-17H3. The third-order valence-electron chi connectivity index (χ3n) is 24.3. The third kappa shape index (κ3) is 55.2. The first-order valence-corrected chi connectivity index (χ1v) is 56.9. The second-order valence-corrected chi connectivity index (χ2v) is 45.9. The Morgan fingerprint density at radius 2 is 0.243 bits per heavy atom. The quantitative estimate of drug-likeness (QED) is 0.0439. The van der Waals surface area contributed by atoms with E-state index in [1.807, 2.05) is 0 Å². The average molecular weight is 1640 g/mol. The Morgan fingerprint density at radius 3 is 0.342 bits per heavy atom. The Morgan fingerprint density at radius 1 is 0.144 bits per heavy atom. The minimum Gasteiger partial charge on any atom is -0.269 e. The van der Waals surface area contributed by atoms with E-state index in [9.17, 15) is 0 Å². The minimum absolute atomic E-state index is 0.0511. The predicted molar refractivity (Wildman–Crippen MR) is 519 cm³/mol. The van der Waals surface area contributed by atoms with Crippen LogP contribution in [0.3, 0.4) is 0 Å². The molecule has 0 unspecified atom stereocenters. The molecule has 0 atom stereocenters. The molecule has 0 aromatic rings. The van der Waals surface area contributed by atoms with Gasteiger partial charge in [0.05, 0.1) is 43.2 Å². The van der Waals surface area contributed by atoms with Crippen LogP contribution in [0.4, 0.5) is 0 Å². The zero-order valence-corrected chi connectivity index (χ0v) is 83.6. The monoisotopic (exact) mass is 1640 g/mol. The van der Waals surface area contributed by atoms with E-state index in [4.69, 9.17) is 0 Å². The van der Waals surface area contributed by atoms with E-state index < -0.39 is 32.9 Å². The van der Waals surface area contributed by atoms with Crippen molar-refractivity contribution in [1.29, 1.82) is 0 Å². The molecule has 0 N–H and O–H groups in total. The van der Waals surface area contributed by atoms with Gasteiger partial charge in [0.25, 0.3) is 0 Å². The van der Waals surface area contributed by atoms with Gasteiger partial charge in [-0.2, -0.15) is 0 Å². The van der Waals surface area contributed by atoms with Crippen molar-refractivity contribution in [2.24, 2.45) is 0 Å². The van der Waals surface area contributed by atoms with Crippen LogP contribution in [0.2, 0.25) is 0 Å². The summed E-state index contributed by atoms with van der Waals surface area (Å²) >= 11 is 0. The van der Waals surface area contributed by atoms with Crippen molar-refractivity contribution < 1.29 is 0 Å². The smallest absolute Gasteiger partial charge is 0.0772 e. The van der Waals surface area contributed by atoms with Gasteiger partial charge in [-0.05, 0) is 110 Å². The molecule has 8 nitrogen and oxygen atoms in total. The van der Waals surface area contributed by atoms with Crippen molar-refractivity contribution in [3.05, 3.63) is 0 Å². The molecule has 0 aliphatic carbocycles. The molecule has 0 saturated carbocycles. The average Bonchev–Trinajstić information content (AvgIpc) is 0.717. The van der Waals surface area contributed by atoms with Crippen molar-refractivity contribution in [3.8, 4) is 0 Å².